The lowest BCUT2D eigenvalue weighted by molar-refractivity contribution is -0.149. The van der Waals surface area contributed by atoms with E-state index in [2.05, 4.69) is 10.6 Å². The molecule has 0 saturated carbocycles. The van der Waals surface area contributed by atoms with Crippen LogP contribution >= 0.6 is 0 Å². The van der Waals surface area contributed by atoms with Gasteiger partial charge < -0.3 is 31.1 Å². The van der Waals surface area contributed by atoms with Crippen molar-refractivity contribution < 1.29 is 29.0 Å². The lowest BCUT2D eigenvalue weighted by atomic mass is 10.1. The number of hydrogen-bond donors (Lipinski definition) is 4. The maximum absolute atomic E-state index is 12.9. The Morgan fingerprint density at radius 1 is 1.19 bits per heavy atom. The van der Waals surface area contributed by atoms with Gasteiger partial charge in [0, 0.05) is 6.54 Å². The topological polar surface area (TPSA) is 151 Å². The van der Waals surface area contributed by atoms with Crippen molar-refractivity contribution in [2.45, 2.75) is 50.8 Å². The first kappa shape index (κ1) is 24.1. The Hall–Kier alpha value is -3.14. The number of nitrogens with two attached hydrogens (primary N) is 1. The molecular weight excluding hydrogens is 404 g/mol. The smallest absolute Gasteiger partial charge is 0.407 e. The summed E-state index contributed by atoms with van der Waals surface area (Å²) in [5, 5.41) is 14.3. The summed E-state index contributed by atoms with van der Waals surface area (Å²) >= 11 is 0. The third-order valence-electron chi connectivity index (χ3n) is 5.01. The van der Waals surface area contributed by atoms with Gasteiger partial charge in [0.25, 0.3) is 0 Å². The Bertz CT molecular complexity index is 757. The third-order valence-corrected chi connectivity index (χ3v) is 5.01. The van der Waals surface area contributed by atoms with Crippen LogP contribution in [0.4, 0.5) is 4.79 Å². The maximum Gasteiger partial charge on any atom is 0.407 e. The molecule has 3 amide bonds. The number of amides is 3. The molecular formula is C21H30N4O6. The molecule has 31 heavy (non-hydrogen) atoms. The van der Waals surface area contributed by atoms with Crippen LogP contribution in [0.2, 0.25) is 0 Å². The summed E-state index contributed by atoms with van der Waals surface area (Å²) in [6, 6.07) is 7.34. The fourth-order valence-corrected chi connectivity index (χ4v) is 3.41. The Morgan fingerprint density at radius 2 is 1.94 bits per heavy atom. The van der Waals surface area contributed by atoms with Crippen molar-refractivity contribution >= 4 is 23.9 Å². The van der Waals surface area contributed by atoms with Gasteiger partial charge >= 0.3 is 12.1 Å². The van der Waals surface area contributed by atoms with Crippen LogP contribution in [0.3, 0.4) is 0 Å². The van der Waals surface area contributed by atoms with Crippen LogP contribution < -0.4 is 16.4 Å². The van der Waals surface area contributed by atoms with Crippen molar-refractivity contribution in [1.82, 2.24) is 15.5 Å². The number of carboxylic acids is 1. The van der Waals surface area contributed by atoms with Crippen LogP contribution in [0.25, 0.3) is 0 Å². The van der Waals surface area contributed by atoms with E-state index in [4.69, 9.17) is 10.5 Å². The van der Waals surface area contributed by atoms with Crippen LogP contribution in [-0.4, -0.2) is 65.6 Å². The van der Waals surface area contributed by atoms with Crippen molar-refractivity contribution in [3.63, 3.8) is 0 Å². The highest BCUT2D eigenvalue weighted by atomic mass is 16.5. The molecule has 2 atom stereocenters. The minimum Gasteiger partial charge on any atom is -0.480 e. The number of carboxylic acid groups (broad SMARTS) is 1. The first-order valence-corrected chi connectivity index (χ1v) is 10.4. The van der Waals surface area contributed by atoms with Crippen LogP contribution in [0.15, 0.2) is 30.3 Å². The van der Waals surface area contributed by atoms with Crippen molar-refractivity contribution in [2.75, 3.05) is 19.6 Å². The number of rotatable bonds is 11. The molecule has 1 heterocycles. The summed E-state index contributed by atoms with van der Waals surface area (Å²) in [4.78, 5) is 49.7. The molecule has 5 N–H and O–H groups in total. The molecule has 1 aromatic rings. The molecule has 0 radical (unpaired) electrons. The molecule has 0 aromatic heterocycles. The molecule has 2 unspecified atom stereocenters. The number of hydrogen-bond acceptors (Lipinski definition) is 6. The van der Waals surface area contributed by atoms with Gasteiger partial charge in [0.2, 0.25) is 11.8 Å². The fourth-order valence-electron chi connectivity index (χ4n) is 3.41. The van der Waals surface area contributed by atoms with E-state index in [9.17, 15) is 24.3 Å². The first-order chi connectivity index (χ1) is 14.9. The zero-order valence-electron chi connectivity index (χ0n) is 17.4. The van der Waals surface area contributed by atoms with Gasteiger partial charge in [-0.1, -0.05) is 30.3 Å². The van der Waals surface area contributed by atoms with Gasteiger partial charge in [0.1, 0.15) is 25.2 Å². The van der Waals surface area contributed by atoms with Crippen LogP contribution in [-0.2, 0) is 25.7 Å². The van der Waals surface area contributed by atoms with Crippen molar-refractivity contribution in [3.8, 4) is 0 Å². The molecule has 1 aromatic carbocycles. The lowest BCUT2D eigenvalue weighted by Crippen LogP contribution is -2.53. The number of unbranched alkanes of at least 4 members (excludes halogenated alkanes) is 1. The predicted octanol–water partition coefficient (Wildman–Crippen LogP) is 0.602. The number of likely N-dealkylation sites (tertiary alicyclic amines) is 1. The summed E-state index contributed by atoms with van der Waals surface area (Å²) in [6.07, 6.45) is 1.84. The van der Waals surface area contributed by atoms with Gasteiger partial charge in [-0.3, -0.25) is 9.59 Å². The van der Waals surface area contributed by atoms with Gasteiger partial charge in [-0.2, -0.15) is 0 Å². The number of carbonyl (C=O) groups excluding carboxylic acids is 3. The second-order valence-electron chi connectivity index (χ2n) is 7.35. The number of nitrogens with zero attached hydrogens (tertiary/aromatic N) is 1. The standard InChI is InChI=1S/C21H30N4O6/c22-11-5-4-9-16(19(27)25-12-6-10-17(25)20(28)29)24-18(26)13-23-21(30)31-14-15-7-2-1-3-8-15/h1-3,7-8,16-17H,4-6,9-14,22H2,(H,23,30)(H,24,26)(H,28,29). The summed E-state index contributed by atoms with van der Waals surface area (Å²) in [5.74, 6) is -2.04. The molecule has 10 nitrogen and oxygen atoms in total. The number of ether oxygens (including phenoxy) is 1. The summed E-state index contributed by atoms with van der Waals surface area (Å²) in [6.45, 7) is 0.491. The molecule has 0 spiro atoms. The van der Waals surface area contributed by atoms with Crippen LogP contribution in [0.5, 0.6) is 0 Å². The number of benzene rings is 1. The number of nitrogens with one attached hydrogen (secondary N) is 2. The van der Waals surface area contributed by atoms with Crippen LogP contribution in [0, 0.1) is 0 Å². The molecule has 1 saturated heterocycles. The monoisotopic (exact) mass is 434 g/mol. The van der Waals surface area contributed by atoms with E-state index >= 15 is 0 Å². The van der Waals surface area contributed by atoms with E-state index in [1.165, 1.54) is 4.90 Å². The summed E-state index contributed by atoms with van der Waals surface area (Å²) in [7, 11) is 0. The average molecular weight is 434 g/mol. The SMILES string of the molecule is NCCCCC(NC(=O)CNC(=O)OCc1ccccc1)C(=O)N1CCCC1C(=O)O. The van der Waals surface area contributed by atoms with Crippen molar-refractivity contribution in [3.05, 3.63) is 35.9 Å². The van der Waals surface area contributed by atoms with E-state index < -0.39 is 36.0 Å². The largest absolute Gasteiger partial charge is 0.480 e. The van der Waals surface area contributed by atoms with Gasteiger partial charge in [-0.25, -0.2) is 9.59 Å². The predicted molar refractivity (Wildman–Crippen MR) is 112 cm³/mol. The Morgan fingerprint density at radius 3 is 2.61 bits per heavy atom. The molecule has 2 rings (SSSR count). The fraction of sp³-hybridized carbons (Fsp3) is 0.524. The third kappa shape index (κ3) is 7.89. The van der Waals surface area contributed by atoms with Crippen LogP contribution in [0.1, 0.15) is 37.7 Å². The molecule has 0 bridgehead atoms. The molecule has 10 heteroatoms. The highest BCUT2D eigenvalue weighted by Gasteiger charge is 2.37. The van der Waals surface area contributed by atoms with E-state index in [0.29, 0.717) is 45.2 Å². The minimum absolute atomic E-state index is 0.0695. The Labute approximate surface area is 181 Å². The molecule has 1 aliphatic heterocycles. The van der Waals surface area contributed by atoms with Crippen molar-refractivity contribution in [1.29, 1.82) is 0 Å². The van der Waals surface area contributed by atoms with E-state index in [1.54, 1.807) is 12.1 Å². The second kappa shape index (κ2) is 12.5. The van der Waals surface area contributed by atoms with Gasteiger partial charge in [-0.05, 0) is 44.2 Å². The first-order valence-electron chi connectivity index (χ1n) is 10.4. The second-order valence-corrected chi connectivity index (χ2v) is 7.35. The Balaban J connectivity index is 1.86. The Kier molecular flexibility index (Phi) is 9.76. The number of alkyl carbamates (subject to hydrolysis) is 1. The van der Waals surface area contributed by atoms with Gasteiger partial charge in [-0.15, -0.1) is 0 Å². The molecule has 1 fully saturated rings. The summed E-state index contributed by atoms with van der Waals surface area (Å²) < 4.78 is 5.05. The molecule has 1 aliphatic rings. The highest BCUT2D eigenvalue weighted by Crippen LogP contribution is 2.19. The average Bonchev–Trinajstić information content (AvgIpc) is 3.26. The summed E-state index contributed by atoms with van der Waals surface area (Å²) in [5.41, 5.74) is 6.32. The number of aliphatic carboxylic acids is 1. The quantitative estimate of drug-likeness (QED) is 0.372. The van der Waals surface area contributed by atoms with E-state index in [0.717, 1.165) is 5.56 Å². The zero-order chi connectivity index (χ0) is 22.6. The van der Waals surface area contributed by atoms with Crippen molar-refractivity contribution in [2.24, 2.45) is 5.73 Å². The molecule has 170 valence electrons. The highest BCUT2D eigenvalue weighted by molar-refractivity contribution is 5.91. The normalized spacial score (nSPS) is 16.4. The minimum atomic E-state index is -1.05. The maximum atomic E-state index is 12.9. The van der Waals surface area contributed by atoms with E-state index in [1.807, 2.05) is 18.2 Å². The zero-order valence-corrected chi connectivity index (χ0v) is 17.4. The van der Waals surface area contributed by atoms with Gasteiger partial charge in [0.15, 0.2) is 0 Å². The number of carbonyl (C=O) groups is 4. The van der Waals surface area contributed by atoms with E-state index in [-0.39, 0.29) is 13.2 Å². The van der Waals surface area contributed by atoms with Gasteiger partial charge in [0.05, 0.1) is 0 Å². The molecule has 0 aliphatic carbocycles. The lowest BCUT2D eigenvalue weighted by Gasteiger charge is -2.27.